The number of hydrogen-bond acceptors (Lipinski definition) is 3. The fourth-order valence-corrected chi connectivity index (χ4v) is 2.39. The number of pyridine rings is 1. The van der Waals surface area contributed by atoms with Crippen LogP contribution >= 0.6 is 0 Å². The van der Waals surface area contributed by atoms with Crippen LogP contribution in [0.5, 0.6) is 5.88 Å². The van der Waals surface area contributed by atoms with E-state index in [-0.39, 0.29) is 0 Å². The lowest BCUT2D eigenvalue weighted by Crippen LogP contribution is -2.26. The van der Waals surface area contributed by atoms with Crippen LogP contribution in [0.2, 0.25) is 0 Å². The Morgan fingerprint density at radius 1 is 1.50 bits per heavy atom. The third-order valence-corrected chi connectivity index (χ3v) is 3.32. The summed E-state index contributed by atoms with van der Waals surface area (Å²) in [6.45, 7) is 3.18. The molecule has 2 atom stereocenters. The van der Waals surface area contributed by atoms with Crippen LogP contribution in [0.25, 0.3) is 0 Å². The Kier molecular flexibility index (Phi) is 3.78. The minimum absolute atomic E-state index is 0.667. The van der Waals surface area contributed by atoms with Crippen LogP contribution in [0.15, 0.2) is 18.3 Å². The Balaban J connectivity index is 1.89. The molecular weight excluding hydrogens is 200 g/mol. The summed E-state index contributed by atoms with van der Waals surface area (Å²) in [7, 11) is 1.67. The van der Waals surface area contributed by atoms with Gasteiger partial charge in [0.1, 0.15) is 0 Å². The van der Waals surface area contributed by atoms with Crippen molar-refractivity contribution in [3.8, 4) is 5.88 Å². The molecule has 1 N–H and O–H groups in total. The average Bonchev–Trinajstić information content (AvgIpc) is 2.73. The van der Waals surface area contributed by atoms with Crippen LogP contribution in [-0.4, -0.2) is 18.1 Å². The molecule has 0 bridgehead atoms. The smallest absolute Gasteiger partial charge is 0.217 e. The molecule has 0 radical (unpaired) electrons. The summed E-state index contributed by atoms with van der Waals surface area (Å²) < 4.78 is 5.23. The van der Waals surface area contributed by atoms with Crippen molar-refractivity contribution in [3.05, 3.63) is 23.9 Å². The molecule has 3 nitrogen and oxygen atoms in total. The van der Waals surface area contributed by atoms with Crippen molar-refractivity contribution in [1.82, 2.24) is 10.3 Å². The average molecular weight is 220 g/mol. The van der Waals surface area contributed by atoms with E-state index in [1.807, 2.05) is 6.07 Å². The highest BCUT2D eigenvalue weighted by molar-refractivity contribution is 5.25. The van der Waals surface area contributed by atoms with E-state index in [2.05, 4.69) is 23.3 Å². The lowest BCUT2D eigenvalue weighted by Gasteiger charge is -2.13. The zero-order valence-electron chi connectivity index (χ0n) is 10.1. The van der Waals surface area contributed by atoms with E-state index in [0.717, 1.165) is 23.9 Å². The van der Waals surface area contributed by atoms with Crippen molar-refractivity contribution >= 4 is 0 Å². The first-order valence-electron chi connectivity index (χ1n) is 6.01. The fourth-order valence-electron chi connectivity index (χ4n) is 2.39. The van der Waals surface area contributed by atoms with Gasteiger partial charge in [-0.25, -0.2) is 4.98 Å². The third-order valence-electron chi connectivity index (χ3n) is 3.32. The van der Waals surface area contributed by atoms with Crippen LogP contribution in [0, 0.1) is 5.92 Å². The fraction of sp³-hybridized carbons (Fsp3) is 0.615. The van der Waals surface area contributed by atoms with Gasteiger partial charge in [-0.3, -0.25) is 0 Å². The molecule has 1 aliphatic rings. The van der Waals surface area contributed by atoms with Crippen molar-refractivity contribution in [1.29, 1.82) is 0 Å². The van der Waals surface area contributed by atoms with Gasteiger partial charge in [-0.2, -0.15) is 0 Å². The summed E-state index contributed by atoms with van der Waals surface area (Å²) in [6.07, 6.45) is 5.70. The number of rotatable bonds is 4. The number of ether oxygens (including phenoxy) is 1. The predicted octanol–water partition coefficient (Wildman–Crippen LogP) is 2.37. The molecule has 1 aromatic heterocycles. The number of nitrogens with one attached hydrogen (secondary N) is 1. The molecular formula is C13H20N2O. The van der Waals surface area contributed by atoms with Crippen LogP contribution in [0.1, 0.15) is 31.7 Å². The van der Waals surface area contributed by atoms with Gasteiger partial charge >= 0.3 is 0 Å². The topological polar surface area (TPSA) is 34.1 Å². The predicted molar refractivity (Wildman–Crippen MR) is 64.4 cm³/mol. The van der Waals surface area contributed by atoms with Gasteiger partial charge in [0.25, 0.3) is 0 Å². The number of methoxy groups -OCH3 is 1. The Morgan fingerprint density at radius 2 is 2.38 bits per heavy atom. The number of hydrogen-bond donors (Lipinski definition) is 1. The maximum absolute atomic E-state index is 5.23. The quantitative estimate of drug-likeness (QED) is 0.846. The molecule has 1 heterocycles. The lowest BCUT2D eigenvalue weighted by atomic mass is 10.1. The van der Waals surface area contributed by atoms with E-state index in [1.165, 1.54) is 19.3 Å². The largest absolute Gasteiger partial charge is 0.481 e. The maximum atomic E-state index is 5.23. The van der Waals surface area contributed by atoms with Crippen LogP contribution in [-0.2, 0) is 6.54 Å². The Bertz CT molecular complexity index is 340. The van der Waals surface area contributed by atoms with Crippen molar-refractivity contribution in [2.75, 3.05) is 7.11 Å². The van der Waals surface area contributed by atoms with Crippen LogP contribution in [0.4, 0.5) is 0 Å². The van der Waals surface area contributed by atoms with Gasteiger partial charge in [0, 0.05) is 24.3 Å². The van der Waals surface area contributed by atoms with E-state index in [0.29, 0.717) is 6.04 Å². The standard InChI is InChI=1S/C13H20N2O/c1-10-5-6-12(8-10)15-9-11-4-3-7-14-13(11)16-2/h3-4,7,10,12,15H,5-6,8-9H2,1-2H3. The van der Waals surface area contributed by atoms with Crippen LogP contribution in [0.3, 0.4) is 0 Å². The first kappa shape index (κ1) is 11.4. The second-order valence-electron chi connectivity index (χ2n) is 4.67. The first-order valence-corrected chi connectivity index (χ1v) is 6.01. The minimum atomic E-state index is 0.667. The van der Waals surface area contributed by atoms with Crippen molar-refractivity contribution in [2.24, 2.45) is 5.92 Å². The van der Waals surface area contributed by atoms with Gasteiger partial charge < -0.3 is 10.1 Å². The van der Waals surface area contributed by atoms with E-state index in [1.54, 1.807) is 13.3 Å². The summed E-state index contributed by atoms with van der Waals surface area (Å²) in [4.78, 5) is 4.20. The van der Waals surface area contributed by atoms with E-state index in [4.69, 9.17) is 4.74 Å². The molecule has 0 aromatic carbocycles. The molecule has 0 amide bonds. The highest BCUT2D eigenvalue weighted by atomic mass is 16.5. The zero-order chi connectivity index (χ0) is 11.4. The molecule has 88 valence electrons. The molecule has 2 unspecified atom stereocenters. The molecule has 0 spiro atoms. The monoisotopic (exact) mass is 220 g/mol. The number of nitrogens with zero attached hydrogens (tertiary/aromatic N) is 1. The highest BCUT2D eigenvalue weighted by Gasteiger charge is 2.20. The van der Waals surface area contributed by atoms with Gasteiger partial charge in [-0.15, -0.1) is 0 Å². The normalized spacial score (nSPS) is 24.6. The molecule has 0 aliphatic heterocycles. The molecule has 1 aliphatic carbocycles. The number of aromatic nitrogens is 1. The summed E-state index contributed by atoms with van der Waals surface area (Å²) in [5, 5.41) is 3.58. The first-order chi connectivity index (χ1) is 7.79. The Morgan fingerprint density at radius 3 is 3.06 bits per heavy atom. The molecule has 3 heteroatoms. The second kappa shape index (κ2) is 5.30. The van der Waals surface area contributed by atoms with Crippen LogP contribution < -0.4 is 10.1 Å². The summed E-state index contributed by atoms with van der Waals surface area (Å²) in [5.41, 5.74) is 1.14. The van der Waals surface area contributed by atoms with Crippen molar-refractivity contribution < 1.29 is 4.74 Å². The van der Waals surface area contributed by atoms with E-state index in [9.17, 15) is 0 Å². The third kappa shape index (κ3) is 2.73. The molecule has 1 saturated carbocycles. The maximum Gasteiger partial charge on any atom is 0.217 e. The molecule has 1 fully saturated rings. The van der Waals surface area contributed by atoms with Gasteiger partial charge in [0.2, 0.25) is 5.88 Å². The SMILES string of the molecule is COc1ncccc1CNC1CCC(C)C1. The minimum Gasteiger partial charge on any atom is -0.481 e. The second-order valence-corrected chi connectivity index (χ2v) is 4.67. The molecule has 1 aromatic rings. The molecule has 2 rings (SSSR count). The molecule has 16 heavy (non-hydrogen) atoms. The van der Waals surface area contributed by atoms with E-state index < -0.39 is 0 Å². The van der Waals surface area contributed by atoms with Crippen molar-refractivity contribution in [3.63, 3.8) is 0 Å². The van der Waals surface area contributed by atoms with Gasteiger partial charge in [0.15, 0.2) is 0 Å². The summed E-state index contributed by atoms with van der Waals surface area (Å²) in [5.74, 6) is 1.61. The van der Waals surface area contributed by atoms with Gasteiger partial charge in [-0.05, 0) is 31.2 Å². The summed E-state index contributed by atoms with van der Waals surface area (Å²) in [6, 6.07) is 4.69. The molecule has 0 saturated heterocycles. The van der Waals surface area contributed by atoms with Gasteiger partial charge in [-0.1, -0.05) is 13.0 Å². The Hall–Kier alpha value is -1.09. The van der Waals surface area contributed by atoms with Gasteiger partial charge in [0.05, 0.1) is 7.11 Å². The van der Waals surface area contributed by atoms with Crippen molar-refractivity contribution in [2.45, 2.75) is 38.8 Å². The van der Waals surface area contributed by atoms with E-state index >= 15 is 0 Å². The highest BCUT2D eigenvalue weighted by Crippen LogP contribution is 2.25. The summed E-state index contributed by atoms with van der Waals surface area (Å²) >= 11 is 0. The zero-order valence-corrected chi connectivity index (χ0v) is 10.1. The Labute approximate surface area is 97.2 Å². The lowest BCUT2D eigenvalue weighted by molar-refractivity contribution is 0.388.